The molecule has 1 N–H and O–H groups in total. The first-order valence-corrected chi connectivity index (χ1v) is 9.01. The van der Waals surface area contributed by atoms with E-state index in [2.05, 4.69) is 58.6 Å². The zero-order chi connectivity index (χ0) is 17.5. The maximum absolute atomic E-state index is 4.80. The van der Waals surface area contributed by atoms with Crippen LogP contribution in [0.2, 0.25) is 0 Å². The number of aromatic nitrogens is 2. The zero-order valence-corrected chi connectivity index (χ0v) is 15.2. The summed E-state index contributed by atoms with van der Waals surface area (Å²) in [7, 11) is 1.96. The summed E-state index contributed by atoms with van der Waals surface area (Å²) in [6.45, 7) is 5.67. The Bertz CT molecular complexity index is 720. The van der Waals surface area contributed by atoms with Crippen molar-refractivity contribution in [1.29, 1.82) is 0 Å². The lowest BCUT2D eigenvalue weighted by molar-refractivity contribution is 0.375. The van der Waals surface area contributed by atoms with Crippen LogP contribution in [0.15, 0.2) is 53.2 Å². The Morgan fingerprint density at radius 1 is 1.20 bits per heavy atom. The van der Waals surface area contributed by atoms with Crippen LogP contribution in [-0.4, -0.2) is 40.3 Å². The number of nitrogens with one attached hydrogen (secondary N) is 1. The summed E-state index contributed by atoms with van der Waals surface area (Å²) in [4.78, 5) is 7.16. The minimum absolute atomic E-state index is 0.655. The number of aliphatic imine (C=N–C) groups is 1. The Morgan fingerprint density at radius 2 is 1.96 bits per heavy atom. The molecule has 1 aliphatic rings. The average molecular weight is 337 g/mol. The van der Waals surface area contributed by atoms with E-state index >= 15 is 0 Å². The predicted molar refractivity (Wildman–Crippen MR) is 103 cm³/mol. The standard InChI is InChI=1S/C20H27N5/c1-3-21-20(22-16-19-9-12-23-24(19)2)25-13-10-18(11-14-25)15-17-7-5-4-6-8-17/h4-9,12,15H,3,10-11,13-14,16H2,1-2H3,(H,21,22). The highest BCUT2D eigenvalue weighted by Crippen LogP contribution is 2.19. The number of rotatable bonds is 4. The van der Waals surface area contributed by atoms with E-state index in [1.807, 2.05) is 24.0 Å². The van der Waals surface area contributed by atoms with Gasteiger partial charge in [0.2, 0.25) is 0 Å². The number of likely N-dealkylation sites (tertiary alicyclic amines) is 1. The summed E-state index contributed by atoms with van der Waals surface area (Å²) < 4.78 is 1.88. The minimum atomic E-state index is 0.655. The maximum atomic E-state index is 4.80. The van der Waals surface area contributed by atoms with Gasteiger partial charge in [-0.15, -0.1) is 0 Å². The van der Waals surface area contributed by atoms with Crippen LogP contribution in [0.5, 0.6) is 0 Å². The Kier molecular flexibility index (Phi) is 5.88. The molecule has 1 aromatic carbocycles. The van der Waals surface area contributed by atoms with Crippen molar-refractivity contribution in [2.45, 2.75) is 26.3 Å². The van der Waals surface area contributed by atoms with Crippen LogP contribution in [0, 0.1) is 0 Å². The van der Waals surface area contributed by atoms with Gasteiger partial charge in [-0.1, -0.05) is 42.0 Å². The second-order valence-electron chi connectivity index (χ2n) is 6.32. The fourth-order valence-corrected chi connectivity index (χ4v) is 3.07. The molecule has 25 heavy (non-hydrogen) atoms. The van der Waals surface area contributed by atoms with Gasteiger partial charge in [0.05, 0.1) is 12.2 Å². The van der Waals surface area contributed by atoms with Crippen LogP contribution >= 0.6 is 0 Å². The van der Waals surface area contributed by atoms with Crippen LogP contribution in [0.3, 0.4) is 0 Å². The molecule has 3 rings (SSSR count). The van der Waals surface area contributed by atoms with Gasteiger partial charge in [-0.2, -0.15) is 5.10 Å². The molecule has 5 nitrogen and oxygen atoms in total. The molecule has 2 heterocycles. The molecule has 0 spiro atoms. The van der Waals surface area contributed by atoms with Crippen molar-refractivity contribution in [1.82, 2.24) is 20.0 Å². The number of hydrogen-bond donors (Lipinski definition) is 1. The summed E-state index contributed by atoms with van der Waals surface area (Å²) in [5.41, 5.74) is 3.93. The molecule has 1 saturated heterocycles. The first-order valence-electron chi connectivity index (χ1n) is 9.01. The molecule has 132 valence electrons. The summed E-state index contributed by atoms with van der Waals surface area (Å²) in [6, 6.07) is 12.6. The van der Waals surface area contributed by atoms with E-state index in [1.165, 1.54) is 11.1 Å². The minimum Gasteiger partial charge on any atom is -0.357 e. The highest BCUT2D eigenvalue weighted by Gasteiger charge is 2.17. The van der Waals surface area contributed by atoms with Gasteiger partial charge in [0.15, 0.2) is 5.96 Å². The predicted octanol–water partition coefficient (Wildman–Crippen LogP) is 3.07. The lowest BCUT2D eigenvalue weighted by atomic mass is 10.0. The second kappa shape index (κ2) is 8.51. The fraction of sp³-hybridized carbons (Fsp3) is 0.400. The van der Waals surface area contributed by atoms with E-state index in [9.17, 15) is 0 Å². The summed E-state index contributed by atoms with van der Waals surface area (Å²) in [5, 5.41) is 7.63. The molecule has 2 aromatic rings. The highest BCUT2D eigenvalue weighted by molar-refractivity contribution is 5.80. The smallest absolute Gasteiger partial charge is 0.194 e. The van der Waals surface area contributed by atoms with Crippen molar-refractivity contribution < 1.29 is 0 Å². The van der Waals surface area contributed by atoms with Gasteiger partial charge < -0.3 is 10.2 Å². The number of nitrogens with zero attached hydrogens (tertiary/aromatic N) is 4. The maximum Gasteiger partial charge on any atom is 0.194 e. The lowest BCUT2D eigenvalue weighted by Crippen LogP contribution is -2.44. The first-order chi connectivity index (χ1) is 12.3. The van der Waals surface area contributed by atoms with Gasteiger partial charge in [-0.05, 0) is 31.4 Å². The molecule has 0 aliphatic carbocycles. The van der Waals surface area contributed by atoms with Gasteiger partial charge in [0.1, 0.15) is 0 Å². The van der Waals surface area contributed by atoms with Gasteiger partial charge >= 0.3 is 0 Å². The van der Waals surface area contributed by atoms with Crippen LogP contribution in [0.4, 0.5) is 0 Å². The summed E-state index contributed by atoms with van der Waals surface area (Å²) in [6.07, 6.45) is 6.33. The fourth-order valence-electron chi connectivity index (χ4n) is 3.07. The molecule has 1 fully saturated rings. The number of aryl methyl sites for hydroxylation is 1. The molecule has 1 aliphatic heterocycles. The Hall–Kier alpha value is -2.56. The summed E-state index contributed by atoms with van der Waals surface area (Å²) in [5.74, 6) is 1.00. The van der Waals surface area contributed by atoms with Crippen LogP contribution < -0.4 is 5.32 Å². The average Bonchev–Trinajstić information content (AvgIpc) is 3.05. The molecule has 0 amide bonds. The van der Waals surface area contributed by atoms with Gasteiger partial charge in [0, 0.05) is 32.9 Å². The van der Waals surface area contributed by atoms with E-state index in [4.69, 9.17) is 4.99 Å². The van der Waals surface area contributed by atoms with Crippen LogP contribution in [0.25, 0.3) is 6.08 Å². The Balaban J connectivity index is 1.62. The second-order valence-corrected chi connectivity index (χ2v) is 6.32. The quantitative estimate of drug-likeness (QED) is 0.689. The van der Waals surface area contributed by atoms with E-state index in [-0.39, 0.29) is 0 Å². The third-order valence-corrected chi connectivity index (χ3v) is 4.52. The number of piperidine rings is 1. The van der Waals surface area contributed by atoms with Gasteiger partial charge in [0.25, 0.3) is 0 Å². The van der Waals surface area contributed by atoms with Gasteiger partial charge in [-0.3, -0.25) is 4.68 Å². The number of hydrogen-bond acceptors (Lipinski definition) is 2. The molecule has 1 aromatic heterocycles. The van der Waals surface area contributed by atoms with Crippen molar-refractivity contribution in [3.63, 3.8) is 0 Å². The third-order valence-electron chi connectivity index (χ3n) is 4.52. The Labute approximate surface area is 150 Å². The van der Waals surface area contributed by atoms with Crippen molar-refractivity contribution >= 4 is 12.0 Å². The first kappa shape index (κ1) is 17.3. The van der Waals surface area contributed by atoms with Crippen LogP contribution in [0.1, 0.15) is 31.0 Å². The molecule has 0 bridgehead atoms. The zero-order valence-electron chi connectivity index (χ0n) is 15.2. The normalized spacial score (nSPS) is 15.4. The van der Waals surface area contributed by atoms with Crippen molar-refractivity contribution in [3.05, 3.63) is 59.4 Å². The highest BCUT2D eigenvalue weighted by atomic mass is 15.3. The van der Waals surface area contributed by atoms with E-state index < -0.39 is 0 Å². The molecule has 5 heteroatoms. The van der Waals surface area contributed by atoms with Gasteiger partial charge in [-0.25, -0.2) is 4.99 Å². The van der Waals surface area contributed by atoms with Crippen molar-refractivity contribution in [2.75, 3.05) is 19.6 Å². The monoisotopic (exact) mass is 337 g/mol. The number of benzene rings is 1. The molecular formula is C20H27N5. The van der Waals surface area contributed by atoms with Crippen molar-refractivity contribution in [2.24, 2.45) is 12.0 Å². The van der Waals surface area contributed by atoms with E-state index in [0.29, 0.717) is 6.54 Å². The SMILES string of the molecule is CCNC(=NCc1ccnn1C)N1CCC(=Cc2ccccc2)CC1. The molecule has 0 atom stereocenters. The van der Waals surface area contributed by atoms with Crippen molar-refractivity contribution in [3.8, 4) is 0 Å². The topological polar surface area (TPSA) is 45.5 Å². The Morgan fingerprint density at radius 3 is 2.60 bits per heavy atom. The lowest BCUT2D eigenvalue weighted by Gasteiger charge is -2.31. The molecule has 0 radical (unpaired) electrons. The molecule has 0 saturated carbocycles. The largest absolute Gasteiger partial charge is 0.357 e. The molecular weight excluding hydrogens is 310 g/mol. The summed E-state index contributed by atoms with van der Waals surface area (Å²) >= 11 is 0. The molecule has 0 unspecified atom stereocenters. The third kappa shape index (κ3) is 4.72. The number of guanidine groups is 1. The van der Waals surface area contributed by atoms with E-state index in [1.54, 1.807) is 0 Å². The van der Waals surface area contributed by atoms with E-state index in [0.717, 1.165) is 44.1 Å². The van der Waals surface area contributed by atoms with Crippen LogP contribution in [-0.2, 0) is 13.6 Å².